The average molecular weight is 288 g/mol. The van der Waals surface area contributed by atoms with Crippen LogP contribution in [0.1, 0.15) is 6.92 Å². The number of amides is 5. The van der Waals surface area contributed by atoms with Gasteiger partial charge in [-0.1, -0.05) is 5.16 Å². The monoisotopic (exact) mass is 288 g/mol. The van der Waals surface area contributed by atoms with Crippen molar-refractivity contribution in [2.75, 3.05) is 14.2 Å². The summed E-state index contributed by atoms with van der Waals surface area (Å²) < 4.78 is 4.24. The van der Waals surface area contributed by atoms with Crippen molar-refractivity contribution in [3.8, 4) is 0 Å². The Bertz CT molecular complexity index is 481. The molecule has 0 aromatic carbocycles. The molecular formula is C9H12N4O7. The molecule has 1 aliphatic rings. The second-order valence-electron chi connectivity index (χ2n) is 3.59. The average Bonchev–Trinajstić information content (AvgIpc) is 2.37. The summed E-state index contributed by atoms with van der Waals surface area (Å²) in [5.41, 5.74) is -3.01. The number of hydrogen-bond donors (Lipinski definition) is 3. The van der Waals surface area contributed by atoms with Gasteiger partial charge in [-0.25, -0.2) is 9.59 Å². The molecule has 1 rings (SSSR count). The van der Waals surface area contributed by atoms with Crippen LogP contribution in [0.4, 0.5) is 9.59 Å². The Labute approximate surface area is 112 Å². The number of carbonyl (C=O) groups is 4. The molecule has 1 aliphatic heterocycles. The molecule has 0 aromatic rings. The van der Waals surface area contributed by atoms with E-state index in [0.29, 0.717) is 0 Å². The number of barbiturate groups is 1. The first-order valence-corrected chi connectivity index (χ1v) is 5.14. The molecule has 0 spiro atoms. The van der Waals surface area contributed by atoms with Crippen molar-refractivity contribution >= 4 is 29.7 Å². The Kier molecular flexibility index (Phi) is 4.24. The first kappa shape index (κ1) is 15.4. The summed E-state index contributed by atoms with van der Waals surface area (Å²) in [6.07, 6.45) is -1.41. The highest BCUT2D eigenvalue weighted by Crippen LogP contribution is 2.21. The van der Waals surface area contributed by atoms with E-state index in [0.717, 1.165) is 21.1 Å². The minimum Gasteiger partial charge on any atom is -0.451 e. The number of hydrogen-bond acceptors (Lipinski definition) is 8. The van der Waals surface area contributed by atoms with Crippen LogP contribution in [0.25, 0.3) is 0 Å². The first-order valence-electron chi connectivity index (χ1n) is 5.14. The molecule has 0 atom stereocenters. The predicted octanol–water partition coefficient (Wildman–Crippen LogP) is -1.43. The zero-order valence-electron chi connectivity index (χ0n) is 10.8. The lowest BCUT2D eigenvalue weighted by molar-refractivity contribution is -0.166. The molecule has 0 saturated carbocycles. The van der Waals surface area contributed by atoms with Crippen LogP contribution in [-0.2, 0) is 19.2 Å². The van der Waals surface area contributed by atoms with Crippen molar-refractivity contribution in [3.63, 3.8) is 0 Å². The van der Waals surface area contributed by atoms with Gasteiger partial charge in [0.2, 0.25) is 0 Å². The summed E-state index contributed by atoms with van der Waals surface area (Å²) >= 11 is 0. The molecule has 1 fully saturated rings. The highest BCUT2D eigenvalue weighted by molar-refractivity contribution is 6.36. The van der Waals surface area contributed by atoms with Crippen molar-refractivity contribution in [2.45, 2.75) is 12.5 Å². The number of urea groups is 1. The molecule has 0 unspecified atom stereocenters. The number of carbonyl (C=O) groups excluding carboxylic acids is 4. The number of methoxy groups -OCH3 is 1. The molecule has 1 heterocycles. The second-order valence-corrected chi connectivity index (χ2v) is 3.59. The molecular weight excluding hydrogens is 276 g/mol. The van der Waals surface area contributed by atoms with Gasteiger partial charge in [-0.2, -0.15) is 5.06 Å². The summed E-state index contributed by atoms with van der Waals surface area (Å²) in [5.74, 6) is -2.56. The Morgan fingerprint density at radius 2 is 1.75 bits per heavy atom. The minimum absolute atomic E-state index is 0.276. The van der Waals surface area contributed by atoms with Gasteiger partial charge >= 0.3 is 12.1 Å². The maximum absolute atomic E-state index is 12.0. The van der Waals surface area contributed by atoms with Crippen molar-refractivity contribution in [1.29, 1.82) is 0 Å². The number of hydroxylamine groups is 2. The van der Waals surface area contributed by atoms with Crippen molar-refractivity contribution in [2.24, 2.45) is 5.16 Å². The third-order valence-corrected chi connectivity index (χ3v) is 2.53. The molecule has 5 amide bonds. The van der Waals surface area contributed by atoms with E-state index in [4.69, 9.17) is 0 Å². The van der Waals surface area contributed by atoms with E-state index in [1.807, 2.05) is 0 Å². The molecule has 0 bridgehead atoms. The van der Waals surface area contributed by atoms with E-state index < -0.39 is 35.2 Å². The smallest absolute Gasteiger partial charge is 0.435 e. The molecule has 110 valence electrons. The van der Waals surface area contributed by atoms with Gasteiger partial charge in [0.05, 0.1) is 7.11 Å². The number of rotatable bonds is 3. The van der Waals surface area contributed by atoms with Crippen molar-refractivity contribution in [3.05, 3.63) is 0 Å². The lowest BCUT2D eigenvalue weighted by Gasteiger charge is -2.37. The third kappa shape index (κ3) is 2.14. The summed E-state index contributed by atoms with van der Waals surface area (Å²) in [6, 6.07) is -1.10. The lowest BCUT2D eigenvalue weighted by atomic mass is 9.89. The van der Waals surface area contributed by atoms with Crippen molar-refractivity contribution in [1.82, 2.24) is 15.7 Å². The van der Waals surface area contributed by atoms with E-state index in [-0.39, 0.29) is 5.06 Å². The fourth-order valence-electron chi connectivity index (χ4n) is 1.62. The topological polar surface area (TPSA) is 147 Å². The number of nitrogens with one attached hydrogen (secondary N) is 2. The maximum atomic E-state index is 12.0. The van der Waals surface area contributed by atoms with Crippen LogP contribution in [0, 0.1) is 0 Å². The zero-order valence-corrected chi connectivity index (χ0v) is 10.8. The molecule has 11 nitrogen and oxygen atoms in total. The molecule has 11 heteroatoms. The van der Waals surface area contributed by atoms with Gasteiger partial charge in [0.15, 0.2) is 0 Å². The summed E-state index contributed by atoms with van der Waals surface area (Å²) in [4.78, 5) is 50.8. The van der Waals surface area contributed by atoms with Gasteiger partial charge in [0, 0.05) is 0 Å². The Hall–Kier alpha value is -2.69. The van der Waals surface area contributed by atoms with Crippen LogP contribution in [0.3, 0.4) is 0 Å². The summed E-state index contributed by atoms with van der Waals surface area (Å²) in [7, 11) is 2.05. The molecule has 0 radical (unpaired) electrons. The summed E-state index contributed by atoms with van der Waals surface area (Å²) in [6.45, 7) is 1.14. The van der Waals surface area contributed by atoms with Gasteiger partial charge in [0.1, 0.15) is 12.8 Å². The highest BCUT2D eigenvalue weighted by Gasteiger charge is 2.60. The van der Waals surface area contributed by atoms with Gasteiger partial charge in [-0.15, -0.1) is 0 Å². The SMILES string of the molecule is CON=C(C)C1(N(O)C(=O)OC)C(=O)NC(=O)NC1=O. The van der Waals surface area contributed by atoms with Crippen LogP contribution < -0.4 is 10.6 Å². The van der Waals surface area contributed by atoms with E-state index >= 15 is 0 Å². The number of nitrogens with zero attached hydrogens (tertiary/aromatic N) is 2. The Balaban J connectivity index is 3.45. The highest BCUT2D eigenvalue weighted by atomic mass is 16.6. The van der Waals surface area contributed by atoms with E-state index in [2.05, 4.69) is 14.7 Å². The largest absolute Gasteiger partial charge is 0.451 e. The first-order chi connectivity index (χ1) is 9.32. The molecule has 0 aliphatic carbocycles. The lowest BCUT2D eigenvalue weighted by Crippen LogP contribution is -2.76. The summed E-state index contributed by atoms with van der Waals surface area (Å²) in [5, 5.41) is 16.4. The van der Waals surface area contributed by atoms with Crippen LogP contribution in [0.15, 0.2) is 5.16 Å². The number of ether oxygens (including phenoxy) is 1. The Morgan fingerprint density at radius 1 is 1.25 bits per heavy atom. The third-order valence-electron chi connectivity index (χ3n) is 2.53. The maximum Gasteiger partial charge on any atom is 0.435 e. The van der Waals surface area contributed by atoms with E-state index in [1.165, 1.54) is 0 Å². The number of oxime groups is 1. The fourth-order valence-corrected chi connectivity index (χ4v) is 1.62. The fraction of sp³-hybridized carbons (Fsp3) is 0.444. The molecule has 20 heavy (non-hydrogen) atoms. The molecule has 0 aromatic heterocycles. The molecule has 3 N–H and O–H groups in total. The zero-order chi connectivity index (χ0) is 15.5. The predicted molar refractivity (Wildman–Crippen MR) is 60.6 cm³/mol. The van der Waals surface area contributed by atoms with Gasteiger partial charge in [-0.3, -0.25) is 25.4 Å². The minimum atomic E-state index is -2.61. The molecule has 1 saturated heterocycles. The second kappa shape index (κ2) is 5.52. The standard InChI is InChI=1S/C9H12N4O7/c1-4(12-20-3)9(13(18)8(17)19-2)5(14)10-7(16)11-6(9)15/h18H,1-3H3,(H2,10,11,14,15,16). The van der Waals surface area contributed by atoms with Gasteiger partial charge in [-0.05, 0) is 6.92 Å². The van der Waals surface area contributed by atoms with Gasteiger partial charge in [0.25, 0.3) is 17.4 Å². The quantitative estimate of drug-likeness (QED) is 0.249. The van der Waals surface area contributed by atoms with E-state index in [9.17, 15) is 24.4 Å². The Morgan fingerprint density at radius 3 is 2.15 bits per heavy atom. The van der Waals surface area contributed by atoms with Crippen molar-refractivity contribution < 1.29 is 34.0 Å². The van der Waals surface area contributed by atoms with Crippen LogP contribution in [0.5, 0.6) is 0 Å². The van der Waals surface area contributed by atoms with Crippen LogP contribution >= 0.6 is 0 Å². The number of imide groups is 2. The van der Waals surface area contributed by atoms with Gasteiger partial charge < -0.3 is 9.57 Å². The van der Waals surface area contributed by atoms with E-state index in [1.54, 1.807) is 10.6 Å². The normalized spacial score (nSPS) is 18.0. The van der Waals surface area contributed by atoms with Crippen LogP contribution in [-0.4, -0.2) is 59.7 Å². The van der Waals surface area contributed by atoms with Crippen LogP contribution in [0.2, 0.25) is 0 Å².